The first-order chi connectivity index (χ1) is 11.1. The van der Waals surface area contributed by atoms with Crippen LogP contribution in [0.2, 0.25) is 0 Å². The molecule has 0 aliphatic heterocycles. The lowest BCUT2D eigenvalue weighted by Crippen LogP contribution is -2.12. The van der Waals surface area contributed by atoms with E-state index in [4.69, 9.17) is 4.74 Å². The summed E-state index contributed by atoms with van der Waals surface area (Å²) in [6, 6.07) is 7.50. The van der Waals surface area contributed by atoms with Crippen LogP contribution in [0.5, 0.6) is 5.75 Å². The number of aromatic amines is 1. The van der Waals surface area contributed by atoms with Gasteiger partial charge in [-0.05, 0) is 40.2 Å². The molecule has 3 rings (SSSR count). The molecule has 7 nitrogen and oxygen atoms in total. The molecule has 2 heterocycles. The maximum atomic E-state index is 12.0. The Labute approximate surface area is 148 Å². The fraction of sp³-hybridized carbons (Fsp3) is 0.0714. The second-order valence-electron chi connectivity index (χ2n) is 4.54. The number of rotatable bonds is 5. The zero-order valence-electron chi connectivity index (χ0n) is 11.7. The van der Waals surface area contributed by atoms with Gasteiger partial charge < -0.3 is 10.1 Å². The molecule has 0 radical (unpaired) electrons. The molecule has 0 spiro atoms. The number of carbonyl (C=O) groups is 1. The molecule has 0 unspecified atom stereocenters. The van der Waals surface area contributed by atoms with Crippen LogP contribution in [-0.2, 0) is 6.73 Å². The number of amides is 1. The Morgan fingerprint density at radius 1 is 1.26 bits per heavy atom. The Morgan fingerprint density at radius 3 is 2.74 bits per heavy atom. The van der Waals surface area contributed by atoms with E-state index in [9.17, 15) is 4.79 Å². The van der Waals surface area contributed by atoms with Gasteiger partial charge in [-0.15, -0.1) is 0 Å². The Hall–Kier alpha value is -2.13. The number of benzene rings is 1. The summed E-state index contributed by atoms with van der Waals surface area (Å²) in [5, 5.41) is 13.3. The number of anilines is 1. The van der Waals surface area contributed by atoms with E-state index in [0.29, 0.717) is 15.9 Å². The molecular formula is C14H11Br2N5O2. The number of nitrogens with one attached hydrogen (secondary N) is 2. The molecule has 0 atom stereocenters. The molecular weight excluding hydrogens is 430 g/mol. The molecule has 23 heavy (non-hydrogen) atoms. The van der Waals surface area contributed by atoms with Crippen LogP contribution >= 0.6 is 31.9 Å². The number of H-pyrrole nitrogens is 1. The average molecular weight is 441 g/mol. The Balaban J connectivity index is 1.58. The number of halogens is 2. The van der Waals surface area contributed by atoms with E-state index in [2.05, 4.69) is 52.5 Å². The Kier molecular flexibility index (Phi) is 4.77. The van der Waals surface area contributed by atoms with Gasteiger partial charge in [0.1, 0.15) is 11.4 Å². The molecule has 0 aliphatic carbocycles. The van der Waals surface area contributed by atoms with Crippen LogP contribution in [0.1, 0.15) is 10.5 Å². The van der Waals surface area contributed by atoms with Crippen molar-refractivity contribution in [1.82, 2.24) is 20.0 Å². The van der Waals surface area contributed by atoms with Gasteiger partial charge in [-0.1, -0.05) is 15.9 Å². The van der Waals surface area contributed by atoms with E-state index >= 15 is 0 Å². The maximum Gasteiger partial charge on any atom is 0.274 e. The summed E-state index contributed by atoms with van der Waals surface area (Å²) in [6.07, 6.45) is 4.75. The van der Waals surface area contributed by atoms with Crippen molar-refractivity contribution >= 4 is 43.5 Å². The minimum absolute atomic E-state index is 0.241. The highest BCUT2D eigenvalue weighted by atomic mass is 79.9. The lowest BCUT2D eigenvalue weighted by atomic mass is 10.3. The van der Waals surface area contributed by atoms with Crippen molar-refractivity contribution < 1.29 is 9.53 Å². The van der Waals surface area contributed by atoms with Crippen molar-refractivity contribution in [2.24, 2.45) is 0 Å². The molecule has 9 heteroatoms. The summed E-state index contributed by atoms with van der Waals surface area (Å²) in [4.78, 5) is 12.0. The minimum atomic E-state index is -0.303. The second kappa shape index (κ2) is 6.97. The highest BCUT2D eigenvalue weighted by Gasteiger charge is 2.13. The number of carbonyl (C=O) groups excluding carboxylic acids is 1. The largest absolute Gasteiger partial charge is 0.471 e. The summed E-state index contributed by atoms with van der Waals surface area (Å²) in [5.41, 5.74) is 0.916. The third-order valence-electron chi connectivity index (χ3n) is 2.89. The highest BCUT2D eigenvalue weighted by Crippen LogP contribution is 2.17. The van der Waals surface area contributed by atoms with Gasteiger partial charge in [-0.25, -0.2) is 4.68 Å². The predicted molar refractivity (Wildman–Crippen MR) is 91.2 cm³/mol. The summed E-state index contributed by atoms with van der Waals surface area (Å²) >= 11 is 6.61. The first kappa shape index (κ1) is 15.8. The zero-order chi connectivity index (χ0) is 16.2. The molecule has 0 aliphatic rings. The monoisotopic (exact) mass is 439 g/mol. The van der Waals surface area contributed by atoms with Crippen LogP contribution in [0.15, 0.2) is 51.8 Å². The number of ether oxygens (including phenoxy) is 1. The van der Waals surface area contributed by atoms with Gasteiger partial charge in [0.25, 0.3) is 5.91 Å². The molecule has 118 valence electrons. The van der Waals surface area contributed by atoms with E-state index in [1.54, 1.807) is 17.1 Å². The Bertz CT molecular complexity index is 813. The van der Waals surface area contributed by atoms with Crippen LogP contribution in [0.4, 0.5) is 5.69 Å². The van der Waals surface area contributed by atoms with Crippen molar-refractivity contribution in [3.05, 3.63) is 57.5 Å². The molecule has 0 fully saturated rings. The van der Waals surface area contributed by atoms with E-state index in [1.165, 1.54) is 6.20 Å². The standard InChI is InChI=1S/C14H11Br2N5O2/c15-9-1-3-11(4-2-9)23-8-21-7-10(5-18-21)19-14(22)13-12(16)6-17-20-13/h1-7H,8H2,(H,17,20)(H,19,22). The molecule has 0 bridgehead atoms. The number of hydrogen-bond donors (Lipinski definition) is 2. The first-order valence-electron chi connectivity index (χ1n) is 6.53. The van der Waals surface area contributed by atoms with Crippen molar-refractivity contribution in [2.75, 3.05) is 5.32 Å². The van der Waals surface area contributed by atoms with Gasteiger partial charge in [0.05, 0.1) is 28.8 Å². The van der Waals surface area contributed by atoms with Gasteiger partial charge >= 0.3 is 0 Å². The number of nitrogens with zero attached hydrogens (tertiary/aromatic N) is 3. The normalized spacial score (nSPS) is 10.5. The maximum absolute atomic E-state index is 12.0. The van der Waals surface area contributed by atoms with Crippen LogP contribution in [0.25, 0.3) is 0 Å². The van der Waals surface area contributed by atoms with Gasteiger partial charge in [0.2, 0.25) is 0 Å². The SMILES string of the molecule is O=C(Nc1cnn(COc2ccc(Br)cc2)c1)c1[nH]ncc1Br. The third-order valence-corrected chi connectivity index (χ3v) is 4.02. The van der Waals surface area contributed by atoms with Crippen LogP contribution in [-0.4, -0.2) is 25.9 Å². The van der Waals surface area contributed by atoms with E-state index in [-0.39, 0.29) is 12.6 Å². The fourth-order valence-corrected chi connectivity index (χ4v) is 2.43. The van der Waals surface area contributed by atoms with Crippen LogP contribution in [0, 0.1) is 0 Å². The number of hydrogen-bond acceptors (Lipinski definition) is 4. The van der Waals surface area contributed by atoms with E-state index in [0.717, 1.165) is 10.2 Å². The predicted octanol–water partition coefficient (Wildman–Crippen LogP) is 3.42. The van der Waals surface area contributed by atoms with Crippen molar-refractivity contribution in [1.29, 1.82) is 0 Å². The van der Waals surface area contributed by atoms with Crippen molar-refractivity contribution in [3.63, 3.8) is 0 Å². The molecule has 2 N–H and O–H groups in total. The number of aromatic nitrogens is 4. The van der Waals surface area contributed by atoms with Gasteiger partial charge in [-0.3, -0.25) is 9.89 Å². The van der Waals surface area contributed by atoms with Crippen molar-refractivity contribution in [3.8, 4) is 5.75 Å². The third kappa shape index (κ3) is 3.99. The Morgan fingerprint density at radius 2 is 2.04 bits per heavy atom. The summed E-state index contributed by atoms with van der Waals surface area (Å²) in [7, 11) is 0. The average Bonchev–Trinajstić information content (AvgIpc) is 3.15. The lowest BCUT2D eigenvalue weighted by molar-refractivity contribution is 0.102. The molecule has 0 saturated heterocycles. The first-order valence-corrected chi connectivity index (χ1v) is 8.11. The van der Waals surface area contributed by atoms with Crippen LogP contribution < -0.4 is 10.1 Å². The van der Waals surface area contributed by atoms with Gasteiger partial charge in [0.15, 0.2) is 6.73 Å². The minimum Gasteiger partial charge on any atom is -0.471 e. The smallest absolute Gasteiger partial charge is 0.274 e. The fourth-order valence-electron chi connectivity index (χ4n) is 1.79. The molecule has 0 saturated carbocycles. The summed E-state index contributed by atoms with van der Waals surface area (Å²) < 4.78 is 8.77. The molecule has 1 aromatic carbocycles. The molecule has 3 aromatic rings. The highest BCUT2D eigenvalue weighted by molar-refractivity contribution is 9.10. The molecule has 1 amide bonds. The van der Waals surface area contributed by atoms with Crippen molar-refractivity contribution in [2.45, 2.75) is 6.73 Å². The van der Waals surface area contributed by atoms with Crippen LogP contribution in [0.3, 0.4) is 0 Å². The molecule has 2 aromatic heterocycles. The van der Waals surface area contributed by atoms with Gasteiger partial charge in [0, 0.05) is 4.47 Å². The topological polar surface area (TPSA) is 84.8 Å². The lowest BCUT2D eigenvalue weighted by Gasteiger charge is -2.05. The van der Waals surface area contributed by atoms with E-state index < -0.39 is 0 Å². The summed E-state index contributed by atoms with van der Waals surface area (Å²) in [6.45, 7) is 0.241. The van der Waals surface area contributed by atoms with E-state index in [1.807, 2.05) is 24.3 Å². The second-order valence-corrected chi connectivity index (χ2v) is 6.31. The quantitative estimate of drug-likeness (QED) is 0.636. The zero-order valence-corrected chi connectivity index (χ0v) is 14.8. The van der Waals surface area contributed by atoms with Gasteiger partial charge in [-0.2, -0.15) is 10.2 Å². The summed E-state index contributed by atoms with van der Waals surface area (Å²) in [5.74, 6) is 0.429.